The Labute approximate surface area is 211 Å². The summed E-state index contributed by atoms with van der Waals surface area (Å²) < 4.78 is 55.0. The minimum atomic E-state index is -4.01. The van der Waals surface area contributed by atoms with Gasteiger partial charge >= 0.3 is 0 Å². The first kappa shape index (κ1) is 24.4. The molecule has 0 N–H and O–H groups in total. The van der Waals surface area contributed by atoms with E-state index in [1.807, 2.05) is 36.4 Å². The highest BCUT2D eigenvalue weighted by molar-refractivity contribution is 7.89. The molecule has 3 heterocycles. The van der Waals surface area contributed by atoms with Crippen LogP contribution < -0.4 is 4.90 Å². The van der Waals surface area contributed by atoms with Gasteiger partial charge in [0.2, 0.25) is 15.9 Å². The third-order valence-corrected chi connectivity index (χ3v) is 9.11. The van der Waals surface area contributed by atoms with Gasteiger partial charge in [0.1, 0.15) is 0 Å². The molecule has 1 aliphatic rings. The zero-order valence-corrected chi connectivity index (χ0v) is 20.7. The maximum Gasteiger partial charge on any atom is 0.243 e. The number of para-hydroxylation sites is 1. The Bertz CT molecular complexity index is 1470. The van der Waals surface area contributed by atoms with Crippen LogP contribution in [0.1, 0.15) is 18.5 Å². The lowest BCUT2D eigenvalue weighted by molar-refractivity contribution is -0.123. The number of carbonyl (C=O) groups excluding carboxylic acids is 1. The van der Waals surface area contributed by atoms with Crippen LogP contribution in [0, 0.1) is 17.6 Å². The van der Waals surface area contributed by atoms with Crippen LogP contribution in [0.3, 0.4) is 0 Å². The number of carbonyl (C=O) groups is 1. The van der Waals surface area contributed by atoms with Crippen molar-refractivity contribution in [3.05, 3.63) is 84.2 Å². The normalized spacial score (nSPS) is 15.3. The predicted octanol–water partition coefficient (Wildman–Crippen LogP) is 4.60. The highest BCUT2D eigenvalue weighted by Gasteiger charge is 2.35. The molecule has 4 aromatic rings. The lowest BCUT2D eigenvalue weighted by Crippen LogP contribution is -2.44. The number of piperidine rings is 1. The summed E-state index contributed by atoms with van der Waals surface area (Å²) in [6.45, 7) is 0.427. The van der Waals surface area contributed by atoms with Gasteiger partial charge in [-0.15, -0.1) is 0 Å². The Kier molecular flexibility index (Phi) is 6.78. The molecule has 36 heavy (non-hydrogen) atoms. The number of halogens is 2. The number of aromatic nitrogens is 2. The van der Waals surface area contributed by atoms with Gasteiger partial charge in [0, 0.05) is 25.2 Å². The van der Waals surface area contributed by atoms with Gasteiger partial charge in [0.05, 0.1) is 27.4 Å². The molecule has 0 radical (unpaired) electrons. The van der Waals surface area contributed by atoms with Crippen LogP contribution >= 0.6 is 11.3 Å². The molecule has 1 saturated heterocycles. The minimum absolute atomic E-state index is 0.0923. The van der Waals surface area contributed by atoms with Gasteiger partial charge in [0.25, 0.3) is 0 Å². The summed E-state index contributed by atoms with van der Waals surface area (Å²) in [7, 11) is -4.01. The Morgan fingerprint density at radius 3 is 2.47 bits per heavy atom. The molecule has 0 bridgehead atoms. The molecule has 1 aliphatic heterocycles. The lowest BCUT2D eigenvalue weighted by atomic mass is 9.96. The van der Waals surface area contributed by atoms with Gasteiger partial charge in [-0.2, -0.15) is 4.31 Å². The van der Waals surface area contributed by atoms with Crippen molar-refractivity contribution in [1.29, 1.82) is 0 Å². The van der Waals surface area contributed by atoms with Crippen molar-refractivity contribution < 1.29 is 22.0 Å². The molecule has 7 nitrogen and oxygen atoms in total. The molecule has 2 aromatic carbocycles. The van der Waals surface area contributed by atoms with E-state index < -0.39 is 27.6 Å². The van der Waals surface area contributed by atoms with Gasteiger partial charge in [-0.1, -0.05) is 29.5 Å². The fourth-order valence-electron chi connectivity index (χ4n) is 4.22. The highest BCUT2D eigenvalue weighted by atomic mass is 32.2. The summed E-state index contributed by atoms with van der Waals surface area (Å²) >= 11 is 1.42. The zero-order chi connectivity index (χ0) is 25.3. The number of fused-ring (bicyclic) bond motifs is 1. The largest absolute Gasteiger partial charge is 0.282 e. The summed E-state index contributed by atoms with van der Waals surface area (Å²) in [4.78, 5) is 24.0. The zero-order valence-electron chi connectivity index (χ0n) is 19.0. The summed E-state index contributed by atoms with van der Waals surface area (Å²) in [5.74, 6) is -2.90. The topological polar surface area (TPSA) is 83.5 Å². The number of nitrogens with zero attached hydrogens (tertiary/aromatic N) is 4. The van der Waals surface area contributed by atoms with E-state index >= 15 is 0 Å². The molecule has 0 saturated carbocycles. The van der Waals surface area contributed by atoms with E-state index in [1.54, 1.807) is 17.2 Å². The summed E-state index contributed by atoms with van der Waals surface area (Å²) in [5, 5.41) is 0.559. The van der Waals surface area contributed by atoms with Crippen LogP contribution in [0.15, 0.2) is 71.8 Å². The maximum atomic E-state index is 13.7. The molecule has 0 aliphatic carbocycles. The molecule has 0 unspecified atom stereocenters. The van der Waals surface area contributed by atoms with Crippen LogP contribution in [0.5, 0.6) is 0 Å². The number of thiazole rings is 1. The average Bonchev–Trinajstić information content (AvgIpc) is 3.33. The van der Waals surface area contributed by atoms with E-state index in [2.05, 4.69) is 9.97 Å². The monoisotopic (exact) mass is 528 g/mol. The average molecular weight is 529 g/mol. The Hall–Kier alpha value is -3.28. The Morgan fingerprint density at radius 2 is 1.78 bits per heavy atom. The summed E-state index contributed by atoms with van der Waals surface area (Å²) in [5.41, 5.74) is 1.51. The maximum absolute atomic E-state index is 13.7. The number of pyridine rings is 1. The third kappa shape index (κ3) is 4.86. The third-order valence-electron chi connectivity index (χ3n) is 6.16. The Morgan fingerprint density at radius 1 is 1.03 bits per heavy atom. The van der Waals surface area contributed by atoms with Gasteiger partial charge in [-0.3, -0.25) is 14.7 Å². The first-order valence-corrected chi connectivity index (χ1v) is 13.6. The molecule has 2 aromatic heterocycles. The first-order valence-electron chi connectivity index (χ1n) is 11.3. The van der Waals surface area contributed by atoms with Crippen molar-refractivity contribution in [2.24, 2.45) is 5.92 Å². The SMILES string of the molecule is O=C(C1CCN(S(=O)(=O)c2ccc(F)c(F)c2)CC1)N(Cc1ccccn1)c1nc2ccccc2s1. The molecule has 0 atom stereocenters. The molecule has 1 fully saturated rings. The van der Waals surface area contributed by atoms with Crippen LogP contribution in [0.25, 0.3) is 10.2 Å². The van der Waals surface area contributed by atoms with Crippen molar-refractivity contribution >= 4 is 42.6 Å². The number of benzene rings is 2. The quantitative estimate of drug-likeness (QED) is 0.365. The number of amides is 1. The van der Waals surface area contributed by atoms with Gasteiger partial charge < -0.3 is 0 Å². The van der Waals surface area contributed by atoms with E-state index in [0.29, 0.717) is 29.7 Å². The number of hydrogen-bond acceptors (Lipinski definition) is 6. The van der Waals surface area contributed by atoms with Crippen LogP contribution in [-0.2, 0) is 21.4 Å². The van der Waals surface area contributed by atoms with Gasteiger partial charge in [0.15, 0.2) is 16.8 Å². The van der Waals surface area contributed by atoms with Crippen molar-refractivity contribution in [3.63, 3.8) is 0 Å². The second kappa shape index (κ2) is 10.00. The minimum Gasteiger partial charge on any atom is -0.282 e. The van der Waals surface area contributed by atoms with Crippen molar-refractivity contribution in [2.45, 2.75) is 24.3 Å². The molecular formula is C25H22F2N4O3S2. The van der Waals surface area contributed by atoms with E-state index in [4.69, 9.17) is 0 Å². The van der Waals surface area contributed by atoms with E-state index in [0.717, 1.165) is 22.3 Å². The van der Waals surface area contributed by atoms with E-state index in [1.165, 1.54) is 15.6 Å². The number of anilines is 1. The number of rotatable bonds is 6. The van der Waals surface area contributed by atoms with Crippen LogP contribution in [0.4, 0.5) is 13.9 Å². The number of hydrogen-bond donors (Lipinski definition) is 0. The van der Waals surface area contributed by atoms with Crippen LogP contribution in [0.2, 0.25) is 0 Å². The molecule has 5 rings (SSSR count). The summed E-state index contributed by atoms with van der Waals surface area (Å²) in [6.07, 6.45) is 2.26. The molecular weight excluding hydrogens is 506 g/mol. The fourth-order valence-corrected chi connectivity index (χ4v) is 6.67. The van der Waals surface area contributed by atoms with E-state index in [9.17, 15) is 22.0 Å². The smallest absolute Gasteiger partial charge is 0.243 e. The first-order chi connectivity index (χ1) is 17.3. The van der Waals surface area contributed by atoms with Crippen molar-refractivity contribution in [1.82, 2.24) is 14.3 Å². The molecule has 0 spiro atoms. The lowest BCUT2D eigenvalue weighted by Gasteiger charge is -2.33. The number of sulfonamides is 1. The molecule has 1 amide bonds. The van der Waals surface area contributed by atoms with E-state index in [-0.39, 0.29) is 30.4 Å². The Balaban J connectivity index is 1.36. The van der Waals surface area contributed by atoms with Gasteiger partial charge in [-0.25, -0.2) is 22.2 Å². The second-order valence-corrected chi connectivity index (χ2v) is 11.4. The van der Waals surface area contributed by atoms with Gasteiger partial charge in [-0.05, 0) is 55.3 Å². The highest BCUT2D eigenvalue weighted by Crippen LogP contribution is 2.33. The fraction of sp³-hybridized carbons (Fsp3) is 0.240. The van der Waals surface area contributed by atoms with Crippen LogP contribution in [-0.4, -0.2) is 41.7 Å². The molecule has 11 heteroatoms. The summed E-state index contributed by atoms with van der Waals surface area (Å²) in [6, 6.07) is 15.7. The van der Waals surface area contributed by atoms with Crippen molar-refractivity contribution in [3.8, 4) is 0 Å². The molecule has 186 valence electrons. The standard InChI is InChI=1S/C25H22F2N4O3S2/c26-20-9-8-19(15-21(20)27)36(33,34)30-13-10-17(11-14-30)24(32)31(16-18-5-3-4-12-28-18)25-29-22-6-1-2-7-23(22)35-25/h1-9,12,15,17H,10-11,13-14,16H2. The second-order valence-electron chi connectivity index (χ2n) is 8.46. The predicted molar refractivity (Wildman–Crippen MR) is 133 cm³/mol. The van der Waals surface area contributed by atoms with Crippen molar-refractivity contribution in [2.75, 3.05) is 18.0 Å².